The fourth-order valence-corrected chi connectivity index (χ4v) is 2.89. The minimum absolute atomic E-state index is 0.257. The van der Waals surface area contributed by atoms with E-state index in [4.69, 9.17) is 16.3 Å². The van der Waals surface area contributed by atoms with Gasteiger partial charge in [0.15, 0.2) is 0 Å². The molecule has 1 aromatic rings. The van der Waals surface area contributed by atoms with Gasteiger partial charge in [-0.2, -0.15) is 5.26 Å². The van der Waals surface area contributed by atoms with Crippen LogP contribution < -0.4 is 4.90 Å². The number of nitriles is 1. The molecule has 8 heteroatoms. The average molecular weight is 379 g/mol. The lowest BCUT2D eigenvalue weighted by molar-refractivity contribution is -0.127. The highest BCUT2D eigenvalue weighted by molar-refractivity contribution is 6.29. The Hall–Kier alpha value is -2.33. The number of piperidine rings is 1. The van der Waals surface area contributed by atoms with Gasteiger partial charge in [-0.05, 0) is 45.7 Å². The predicted molar refractivity (Wildman–Crippen MR) is 97.7 cm³/mol. The molecule has 0 spiro atoms. The number of pyridine rings is 1. The molecular weight excluding hydrogens is 356 g/mol. The third kappa shape index (κ3) is 4.44. The first-order chi connectivity index (χ1) is 12.1. The van der Waals surface area contributed by atoms with E-state index in [1.54, 1.807) is 40.0 Å². The molecule has 0 aromatic carbocycles. The number of carbonyl (C=O) groups is 2. The number of hydrogen-bond acceptors (Lipinski definition) is 5. The molecule has 2 heterocycles. The highest BCUT2D eigenvalue weighted by Gasteiger charge is 2.45. The van der Waals surface area contributed by atoms with Gasteiger partial charge < -0.3 is 14.5 Å². The van der Waals surface area contributed by atoms with Crippen molar-refractivity contribution in [1.29, 1.82) is 5.26 Å². The van der Waals surface area contributed by atoms with E-state index in [1.165, 1.54) is 16.0 Å². The Labute approximate surface area is 158 Å². The van der Waals surface area contributed by atoms with Crippen molar-refractivity contribution < 1.29 is 14.3 Å². The Morgan fingerprint density at radius 2 is 1.96 bits per heavy atom. The van der Waals surface area contributed by atoms with Gasteiger partial charge in [0, 0.05) is 20.1 Å². The lowest BCUT2D eigenvalue weighted by atomic mass is 9.78. The molecule has 0 unspecified atom stereocenters. The Morgan fingerprint density at radius 3 is 2.42 bits per heavy atom. The van der Waals surface area contributed by atoms with Gasteiger partial charge in [-0.3, -0.25) is 4.79 Å². The first-order valence-corrected chi connectivity index (χ1v) is 8.75. The molecular formula is C18H23ClN4O3. The fraction of sp³-hybridized carbons (Fsp3) is 0.556. The Bertz CT molecular complexity index is 713. The summed E-state index contributed by atoms with van der Waals surface area (Å²) in [6.45, 7) is 5.98. The van der Waals surface area contributed by atoms with E-state index in [0.717, 1.165) is 0 Å². The minimum atomic E-state index is -1.17. The molecule has 0 atom stereocenters. The summed E-state index contributed by atoms with van der Waals surface area (Å²) in [4.78, 5) is 32.0. The molecule has 1 aliphatic heterocycles. The number of nitrogens with zero attached hydrogens (tertiary/aromatic N) is 4. The molecule has 0 N–H and O–H groups in total. The van der Waals surface area contributed by atoms with Crippen molar-refractivity contribution in [3.05, 3.63) is 23.5 Å². The maximum absolute atomic E-state index is 12.9. The van der Waals surface area contributed by atoms with Crippen LogP contribution in [0.3, 0.4) is 0 Å². The van der Waals surface area contributed by atoms with Gasteiger partial charge in [-0.1, -0.05) is 11.6 Å². The summed E-state index contributed by atoms with van der Waals surface area (Å²) < 4.78 is 5.36. The first-order valence-electron chi connectivity index (χ1n) is 8.37. The lowest BCUT2D eigenvalue weighted by Gasteiger charge is -2.38. The van der Waals surface area contributed by atoms with E-state index in [9.17, 15) is 14.9 Å². The molecule has 2 amide bonds. The highest BCUT2D eigenvalue weighted by atomic mass is 35.5. The summed E-state index contributed by atoms with van der Waals surface area (Å²) in [6.07, 6.45) is 1.58. The SMILES string of the molecule is CN(C(=O)C1(C#N)CCN(C(=O)OC(C)(C)C)CC1)c1ccc(Cl)nc1. The van der Waals surface area contributed by atoms with E-state index in [0.29, 0.717) is 23.9 Å². The van der Waals surface area contributed by atoms with Crippen molar-refractivity contribution in [2.24, 2.45) is 5.41 Å². The van der Waals surface area contributed by atoms with Crippen LogP contribution in [0.5, 0.6) is 0 Å². The van der Waals surface area contributed by atoms with Crippen LogP contribution >= 0.6 is 11.6 Å². The molecule has 7 nitrogen and oxygen atoms in total. The number of carbonyl (C=O) groups excluding carboxylic acids is 2. The normalized spacial score (nSPS) is 16.5. The Kier molecular flexibility index (Phi) is 5.77. The smallest absolute Gasteiger partial charge is 0.410 e. The third-order valence-electron chi connectivity index (χ3n) is 4.30. The van der Waals surface area contributed by atoms with Crippen molar-refractivity contribution in [3.63, 3.8) is 0 Å². The van der Waals surface area contributed by atoms with Crippen LogP contribution in [0, 0.1) is 16.7 Å². The van der Waals surface area contributed by atoms with Crippen LogP contribution in [0.25, 0.3) is 0 Å². The summed E-state index contributed by atoms with van der Waals surface area (Å²) >= 11 is 5.77. The number of rotatable bonds is 2. The molecule has 140 valence electrons. The first kappa shape index (κ1) is 20.0. The van der Waals surface area contributed by atoms with Gasteiger partial charge in [-0.25, -0.2) is 9.78 Å². The van der Waals surface area contributed by atoms with Crippen molar-refractivity contribution in [3.8, 4) is 6.07 Å². The molecule has 0 radical (unpaired) electrons. The van der Waals surface area contributed by atoms with E-state index < -0.39 is 17.1 Å². The van der Waals surface area contributed by atoms with Crippen molar-refractivity contribution >= 4 is 29.3 Å². The van der Waals surface area contributed by atoms with E-state index in [-0.39, 0.29) is 18.7 Å². The van der Waals surface area contributed by atoms with Crippen LogP contribution in [0.4, 0.5) is 10.5 Å². The zero-order chi connectivity index (χ0) is 19.5. The summed E-state index contributed by atoms with van der Waals surface area (Å²) in [6, 6.07) is 5.43. The zero-order valence-electron chi connectivity index (χ0n) is 15.5. The quantitative estimate of drug-likeness (QED) is 0.737. The van der Waals surface area contributed by atoms with Crippen LogP contribution in [-0.4, -0.2) is 47.6 Å². The van der Waals surface area contributed by atoms with Gasteiger partial charge >= 0.3 is 6.09 Å². The summed E-state index contributed by atoms with van der Waals surface area (Å²) in [5.41, 5.74) is -1.20. The number of likely N-dealkylation sites (tertiary alicyclic amines) is 1. The zero-order valence-corrected chi connectivity index (χ0v) is 16.2. The van der Waals surface area contributed by atoms with Gasteiger partial charge in [0.05, 0.1) is 18.0 Å². The lowest BCUT2D eigenvalue weighted by Crippen LogP contribution is -2.51. The molecule has 0 bridgehead atoms. The molecule has 0 saturated carbocycles. The number of ether oxygens (including phenoxy) is 1. The maximum Gasteiger partial charge on any atom is 0.410 e. The Morgan fingerprint density at radius 1 is 1.35 bits per heavy atom. The maximum atomic E-state index is 12.9. The molecule has 26 heavy (non-hydrogen) atoms. The number of hydrogen-bond donors (Lipinski definition) is 0. The van der Waals surface area contributed by atoms with Crippen LogP contribution in [0.2, 0.25) is 5.15 Å². The van der Waals surface area contributed by atoms with E-state index in [2.05, 4.69) is 11.1 Å². The highest BCUT2D eigenvalue weighted by Crippen LogP contribution is 2.34. The van der Waals surface area contributed by atoms with Crippen LogP contribution in [0.1, 0.15) is 33.6 Å². The fourth-order valence-electron chi connectivity index (χ4n) is 2.78. The minimum Gasteiger partial charge on any atom is -0.444 e. The van der Waals surface area contributed by atoms with Crippen molar-refractivity contribution in [2.45, 2.75) is 39.2 Å². The molecule has 1 aliphatic rings. The number of amides is 2. The third-order valence-corrected chi connectivity index (χ3v) is 4.52. The molecule has 2 rings (SSSR count). The summed E-state index contributed by atoms with van der Waals surface area (Å²) in [5.74, 6) is -0.312. The molecule has 1 fully saturated rings. The van der Waals surface area contributed by atoms with Gasteiger partial charge in [0.1, 0.15) is 16.2 Å². The van der Waals surface area contributed by atoms with E-state index in [1.807, 2.05) is 0 Å². The average Bonchev–Trinajstić information content (AvgIpc) is 2.59. The Balaban J connectivity index is 2.08. The predicted octanol–water partition coefficient (Wildman–Crippen LogP) is 3.24. The van der Waals surface area contributed by atoms with Gasteiger partial charge in [0.2, 0.25) is 5.91 Å². The summed E-state index contributed by atoms with van der Waals surface area (Å²) in [7, 11) is 1.60. The number of aromatic nitrogens is 1. The topological polar surface area (TPSA) is 86.5 Å². The second-order valence-corrected chi connectivity index (χ2v) is 7.75. The largest absolute Gasteiger partial charge is 0.444 e. The van der Waals surface area contributed by atoms with E-state index >= 15 is 0 Å². The van der Waals surface area contributed by atoms with Gasteiger partial charge in [-0.15, -0.1) is 0 Å². The van der Waals surface area contributed by atoms with Crippen molar-refractivity contribution in [2.75, 3.05) is 25.0 Å². The van der Waals surface area contributed by atoms with Crippen LogP contribution in [-0.2, 0) is 9.53 Å². The summed E-state index contributed by atoms with van der Waals surface area (Å²) in [5, 5.41) is 10.0. The van der Waals surface area contributed by atoms with Gasteiger partial charge in [0.25, 0.3) is 0 Å². The number of halogens is 1. The molecule has 0 aliphatic carbocycles. The standard InChI is InChI=1S/C18H23ClN4O3/c1-17(2,3)26-16(25)23-9-7-18(12-20,8-10-23)15(24)22(4)13-5-6-14(19)21-11-13/h5-6,11H,7-10H2,1-4H3. The molecule has 1 aromatic heterocycles. The second kappa shape index (κ2) is 7.50. The van der Waals surface area contributed by atoms with Crippen molar-refractivity contribution in [1.82, 2.24) is 9.88 Å². The number of anilines is 1. The second-order valence-electron chi connectivity index (χ2n) is 7.36. The van der Waals surface area contributed by atoms with Crippen LogP contribution in [0.15, 0.2) is 18.3 Å². The monoisotopic (exact) mass is 378 g/mol. The molecule has 1 saturated heterocycles.